The number of aromatic nitrogens is 2. The van der Waals surface area contributed by atoms with Crippen LogP contribution in [0.15, 0.2) is 62.9 Å². The third-order valence-electron chi connectivity index (χ3n) is 3.53. The van der Waals surface area contributed by atoms with E-state index in [4.69, 9.17) is 0 Å². The number of aryl methyl sites for hydroxylation is 1. The first kappa shape index (κ1) is 17.0. The Morgan fingerprint density at radius 3 is 2.76 bits per heavy atom. The number of benzene rings is 2. The summed E-state index contributed by atoms with van der Waals surface area (Å²) in [5, 5.41) is 3.91. The highest BCUT2D eigenvalue weighted by Crippen LogP contribution is 2.09. The van der Waals surface area contributed by atoms with Crippen molar-refractivity contribution in [2.45, 2.75) is 12.8 Å². The molecule has 0 unspecified atom stereocenters. The Labute approximate surface area is 152 Å². The normalized spacial score (nSPS) is 11.1. The molecule has 2 N–H and O–H groups in total. The number of aromatic amines is 1. The van der Waals surface area contributed by atoms with Gasteiger partial charge in [0.1, 0.15) is 5.69 Å². The smallest absolute Gasteiger partial charge is 0.270 e. The lowest BCUT2D eigenvalue weighted by molar-refractivity contribution is -0.121. The number of hydrogen-bond donors (Lipinski definition) is 2. The average Bonchev–Trinajstić information content (AvgIpc) is 2.61. The quantitative estimate of drug-likeness (QED) is 0.511. The first-order chi connectivity index (χ1) is 12.1. The van der Waals surface area contributed by atoms with Crippen LogP contribution in [0.4, 0.5) is 0 Å². The zero-order chi connectivity index (χ0) is 17.6. The molecule has 0 radical (unpaired) electrons. The van der Waals surface area contributed by atoms with Gasteiger partial charge in [0.05, 0.1) is 17.2 Å². The van der Waals surface area contributed by atoms with Crippen molar-refractivity contribution in [1.82, 2.24) is 15.4 Å². The number of para-hydroxylation sites is 2. The van der Waals surface area contributed by atoms with Crippen LogP contribution in [-0.4, -0.2) is 22.1 Å². The van der Waals surface area contributed by atoms with Gasteiger partial charge in [-0.1, -0.05) is 40.2 Å². The van der Waals surface area contributed by atoms with Crippen molar-refractivity contribution in [2.75, 3.05) is 0 Å². The SMILES string of the molecule is O=C(CCc1nc2ccccc2[nH]c1=O)N/N=C\c1ccc(Br)cc1. The molecule has 6 nitrogen and oxygen atoms in total. The van der Waals surface area contributed by atoms with E-state index in [0.29, 0.717) is 16.7 Å². The fourth-order valence-electron chi connectivity index (χ4n) is 2.25. The lowest BCUT2D eigenvalue weighted by Gasteiger charge is -2.02. The summed E-state index contributed by atoms with van der Waals surface area (Å²) in [5.74, 6) is -0.275. The maximum atomic E-state index is 12.0. The molecule has 3 rings (SSSR count). The fraction of sp³-hybridized carbons (Fsp3) is 0.111. The molecule has 0 aliphatic rings. The van der Waals surface area contributed by atoms with Crippen molar-refractivity contribution in [3.05, 3.63) is 74.6 Å². The van der Waals surface area contributed by atoms with Crippen LogP contribution in [0.2, 0.25) is 0 Å². The van der Waals surface area contributed by atoms with Crippen molar-refractivity contribution >= 4 is 39.1 Å². The zero-order valence-corrected chi connectivity index (χ0v) is 14.8. The second-order valence-electron chi connectivity index (χ2n) is 5.37. The van der Waals surface area contributed by atoms with Crippen LogP contribution in [0, 0.1) is 0 Å². The van der Waals surface area contributed by atoms with Gasteiger partial charge in [0.25, 0.3) is 5.56 Å². The molecule has 3 aromatic rings. The Bertz CT molecular complexity index is 980. The van der Waals surface area contributed by atoms with Crippen molar-refractivity contribution in [1.29, 1.82) is 0 Å². The van der Waals surface area contributed by atoms with Crippen LogP contribution in [0.1, 0.15) is 17.7 Å². The first-order valence-electron chi connectivity index (χ1n) is 7.67. The molecule has 7 heteroatoms. The van der Waals surface area contributed by atoms with Crippen molar-refractivity contribution < 1.29 is 4.79 Å². The van der Waals surface area contributed by atoms with Crippen LogP contribution < -0.4 is 11.0 Å². The molecule has 0 saturated heterocycles. The predicted molar refractivity (Wildman–Crippen MR) is 101 cm³/mol. The van der Waals surface area contributed by atoms with Gasteiger partial charge in [-0.05, 0) is 29.8 Å². The molecule has 0 bridgehead atoms. The monoisotopic (exact) mass is 398 g/mol. The van der Waals surface area contributed by atoms with Gasteiger partial charge in [0.2, 0.25) is 5.91 Å². The van der Waals surface area contributed by atoms with Gasteiger partial charge < -0.3 is 4.98 Å². The first-order valence-corrected chi connectivity index (χ1v) is 8.46. The molecule has 25 heavy (non-hydrogen) atoms. The number of nitrogens with zero attached hydrogens (tertiary/aromatic N) is 2. The highest BCUT2D eigenvalue weighted by atomic mass is 79.9. The number of fused-ring (bicyclic) bond motifs is 1. The number of nitrogens with one attached hydrogen (secondary N) is 2. The van der Waals surface area contributed by atoms with Crippen LogP contribution in [0.5, 0.6) is 0 Å². The summed E-state index contributed by atoms with van der Waals surface area (Å²) in [6.07, 6.45) is 1.94. The van der Waals surface area contributed by atoms with E-state index in [2.05, 4.69) is 36.4 Å². The Balaban J connectivity index is 1.58. The number of carbonyl (C=O) groups excluding carboxylic acids is 1. The topological polar surface area (TPSA) is 87.2 Å². The molecule has 0 aliphatic heterocycles. The standard InChI is InChI=1S/C18H15BrN4O2/c19-13-7-5-12(6-8-13)11-20-23-17(24)10-9-16-18(25)22-15-4-2-1-3-14(15)21-16/h1-8,11H,9-10H2,(H,22,25)(H,23,24)/b20-11-. The molecule has 0 saturated carbocycles. The van der Waals surface area contributed by atoms with Gasteiger partial charge in [-0.25, -0.2) is 10.4 Å². The van der Waals surface area contributed by atoms with Crippen LogP contribution >= 0.6 is 15.9 Å². The molecule has 1 heterocycles. The average molecular weight is 399 g/mol. The molecule has 0 spiro atoms. The van der Waals surface area contributed by atoms with Gasteiger partial charge >= 0.3 is 0 Å². The summed E-state index contributed by atoms with van der Waals surface area (Å²) in [4.78, 5) is 30.9. The fourth-order valence-corrected chi connectivity index (χ4v) is 2.52. The molecule has 1 aromatic heterocycles. The second-order valence-corrected chi connectivity index (χ2v) is 6.29. The molecule has 2 aromatic carbocycles. The number of hydrogen-bond acceptors (Lipinski definition) is 4. The van der Waals surface area contributed by atoms with E-state index < -0.39 is 0 Å². The Kier molecular flexibility index (Phi) is 5.35. The Hall–Kier alpha value is -2.80. The van der Waals surface area contributed by atoms with E-state index in [0.717, 1.165) is 10.0 Å². The highest BCUT2D eigenvalue weighted by Gasteiger charge is 2.07. The van der Waals surface area contributed by atoms with Crippen molar-refractivity contribution in [3.8, 4) is 0 Å². The predicted octanol–water partition coefficient (Wildman–Crippen LogP) is 2.77. The molecule has 126 valence electrons. The zero-order valence-electron chi connectivity index (χ0n) is 13.2. The summed E-state index contributed by atoms with van der Waals surface area (Å²) in [6, 6.07) is 14.8. The minimum absolute atomic E-state index is 0.131. The lowest BCUT2D eigenvalue weighted by Crippen LogP contribution is -2.21. The van der Waals surface area contributed by atoms with E-state index in [-0.39, 0.29) is 24.3 Å². The van der Waals surface area contributed by atoms with Gasteiger partial charge in [-0.3, -0.25) is 9.59 Å². The Morgan fingerprint density at radius 1 is 1.20 bits per heavy atom. The lowest BCUT2D eigenvalue weighted by atomic mass is 10.2. The molecular weight excluding hydrogens is 384 g/mol. The minimum atomic E-state index is -0.275. The van der Waals surface area contributed by atoms with Gasteiger partial charge in [-0.15, -0.1) is 0 Å². The van der Waals surface area contributed by atoms with E-state index in [9.17, 15) is 9.59 Å². The van der Waals surface area contributed by atoms with Crippen LogP contribution in [0.25, 0.3) is 11.0 Å². The maximum absolute atomic E-state index is 12.0. The summed E-state index contributed by atoms with van der Waals surface area (Å²) < 4.78 is 0.974. The number of hydrazone groups is 1. The van der Waals surface area contributed by atoms with Crippen LogP contribution in [-0.2, 0) is 11.2 Å². The molecule has 0 atom stereocenters. The molecule has 0 aliphatic carbocycles. The summed E-state index contributed by atoms with van der Waals surface area (Å²) in [5.41, 5.74) is 4.77. The maximum Gasteiger partial charge on any atom is 0.270 e. The third-order valence-corrected chi connectivity index (χ3v) is 4.06. The van der Waals surface area contributed by atoms with Gasteiger partial charge in [0, 0.05) is 17.3 Å². The second kappa shape index (κ2) is 7.85. The van der Waals surface area contributed by atoms with Crippen LogP contribution in [0.3, 0.4) is 0 Å². The summed E-state index contributed by atoms with van der Waals surface area (Å²) >= 11 is 3.35. The largest absolute Gasteiger partial charge is 0.319 e. The number of rotatable bonds is 5. The molecule has 1 amide bonds. The van der Waals surface area contributed by atoms with Crippen molar-refractivity contribution in [2.24, 2.45) is 5.10 Å². The van der Waals surface area contributed by atoms with Gasteiger partial charge in [-0.2, -0.15) is 5.10 Å². The number of halogens is 1. The van der Waals surface area contributed by atoms with Gasteiger partial charge in [0.15, 0.2) is 0 Å². The summed E-state index contributed by atoms with van der Waals surface area (Å²) in [6.45, 7) is 0. The van der Waals surface area contributed by atoms with E-state index in [1.54, 1.807) is 12.3 Å². The van der Waals surface area contributed by atoms with E-state index in [1.165, 1.54) is 0 Å². The number of amides is 1. The Morgan fingerprint density at radius 2 is 1.96 bits per heavy atom. The minimum Gasteiger partial charge on any atom is -0.319 e. The number of carbonyl (C=O) groups is 1. The van der Waals surface area contributed by atoms with E-state index in [1.807, 2.05) is 42.5 Å². The number of H-pyrrole nitrogens is 1. The van der Waals surface area contributed by atoms with Crippen molar-refractivity contribution in [3.63, 3.8) is 0 Å². The summed E-state index contributed by atoms with van der Waals surface area (Å²) in [7, 11) is 0. The third kappa shape index (κ3) is 4.60. The highest BCUT2D eigenvalue weighted by molar-refractivity contribution is 9.10. The van der Waals surface area contributed by atoms with E-state index >= 15 is 0 Å². The molecular formula is C18H15BrN4O2. The molecule has 0 fully saturated rings.